The molecule has 0 spiro atoms. The number of rotatable bonds is 3. The SMILES string of the molecule is NCc1ccc(C(=O)Nc2cnc(Cl)c(Br)c2)o1. The van der Waals surface area contributed by atoms with Crippen LogP contribution in [0.5, 0.6) is 0 Å². The number of aromatic nitrogens is 1. The first-order chi connectivity index (χ1) is 8.60. The first-order valence-electron chi connectivity index (χ1n) is 5.01. The number of anilines is 1. The van der Waals surface area contributed by atoms with Crippen LogP contribution in [0.3, 0.4) is 0 Å². The number of nitrogens with one attached hydrogen (secondary N) is 1. The average Bonchev–Trinajstić information content (AvgIpc) is 2.82. The number of nitrogens with zero attached hydrogens (tertiary/aromatic N) is 1. The van der Waals surface area contributed by atoms with Crippen LogP contribution in [0.4, 0.5) is 5.69 Å². The molecule has 0 unspecified atom stereocenters. The van der Waals surface area contributed by atoms with Crippen molar-refractivity contribution in [3.8, 4) is 0 Å². The van der Waals surface area contributed by atoms with Crippen LogP contribution in [0.1, 0.15) is 16.3 Å². The van der Waals surface area contributed by atoms with Gasteiger partial charge in [0.15, 0.2) is 5.76 Å². The fraction of sp³-hybridized carbons (Fsp3) is 0.0909. The summed E-state index contributed by atoms with van der Waals surface area (Å²) in [5.74, 6) is 0.378. The van der Waals surface area contributed by atoms with Crippen molar-refractivity contribution in [1.29, 1.82) is 0 Å². The second-order valence-corrected chi connectivity index (χ2v) is 4.63. The highest BCUT2D eigenvalue weighted by Gasteiger charge is 2.11. The van der Waals surface area contributed by atoms with Gasteiger partial charge in [0.2, 0.25) is 0 Å². The van der Waals surface area contributed by atoms with Crippen molar-refractivity contribution in [2.75, 3.05) is 5.32 Å². The molecule has 1 amide bonds. The highest BCUT2D eigenvalue weighted by molar-refractivity contribution is 9.10. The topological polar surface area (TPSA) is 81.2 Å². The van der Waals surface area contributed by atoms with E-state index >= 15 is 0 Å². The Balaban J connectivity index is 2.13. The number of hydrogen-bond donors (Lipinski definition) is 2. The standard InChI is InChI=1S/C11H9BrClN3O2/c12-8-3-6(5-15-10(8)13)16-11(17)9-2-1-7(4-14)18-9/h1-3,5H,4,14H2,(H,16,17). The Morgan fingerprint density at radius 3 is 2.94 bits per heavy atom. The minimum Gasteiger partial charge on any atom is -0.455 e. The zero-order chi connectivity index (χ0) is 13.1. The van der Waals surface area contributed by atoms with E-state index < -0.39 is 0 Å². The first kappa shape index (κ1) is 13.1. The first-order valence-corrected chi connectivity index (χ1v) is 6.18. The van der Waals surface area contributed by atoms with Gasteiger partial charge in [-0.2, -0.15) is 0 Å². The molecule has 2 heterocycles. The van der Waals surface area contributed by atoms with Crippen molar-refractivity contribution in [3.05, 3.63) is 45.5 Å². The lowest BCUT2D eigenvalue weighted by Gasteiger charge is -2.03. The summed E-state index contributed by atoms with van der Waals surface area (Å²) in [6, 6.07) is 4.88. The van der Waals surface area contributed by atoms with Gasteiger partial charge in [0.1, 0.15) is 10.9 Å². The largest absolute Gasteiger partial charge is 0.455 e. The van der Waals surface area contributed by atoms with Gasteiger partial charge in [-0.05, 0) is 34.1 Å². The van der Waals surface area contributed by atoms with E-state index in [4.69, 9.17) is 21.8 Å². The summed E-state index contributed by atoms with van der Waals surface area (Å²) in [5, 5.41) is 2.97. The highest BCUT2D eigenvalue weighted by Crippen LogP contribution is 2.23. The second-order valence-electron chi connectivity index (χ2n) is 3.42. The van der Waals surface area contributed by atoms with Gasteiger partial charge in [-0.3, -0.25) is 4.79 Å². The van der Waals surface area contributed by atoms with Gasteiger partial charge in [0.05, 0.1) is 22.9 Å². The molecule has 3 N–H and O–H groups in total. The normalized spacial score (nSPS) is 10.4. The minimum absolute atomic E-state index is 0.196. The number of hydrogen-bond acceptors (Lipinski definition) is 4. The van der Waals surface area contributed by atoms with E-state index in [0.29, 0.717) is 21.1 Å². The molecule has 2 aromatic rings. The number of nitrogens with two attached hydrogens (primary N) is 1. The maximum Gasteiger partial charge on any atom is 0.291 e. The van der Waals surface area contributed by atoms with Crippen LogP contribution in [-0.2, 0) is 6.54 Å². The average molecular weight is 331 g/mol. The van der Waals surface area contributed by atoms with Crippen LogP contribution in [0.25, 0.3) is 0 Å². The Kier molecular flexibility index (Phi) is 4.00. The third kappa shape index (κ3) is 2.90. The maximum absolute atomic E-state index is 11.8. The summed E-state index contributed by atoms with van der Waals surface area (Å²) < 4.78 is 5.83. The number of carbonyl (C=O) groups excluding carboxylic acids is 1. The van der Waals surface area contributed by atoms with Gasteiger partial charge >= 0.3 is 0 Å². The second kappa shape index (κ2) is 5.51. The van der Waals surface area contributed by atoms with Crippen LogP contribution >= 0.6 is 27.5 Å². The van der Waals surface area contributed by atoms with E-state index in [9.17, 15) is 4.79 Å². The minimum atomic E-state index is -0.370. The summed E-state index contributed by atoms with van der Waals surface area (Å²) in [4.78, 5) is 15.7. The third-order valence-corrected chi connectivity index (χ3v) is 3.27. The van der Waals surface area contributed by atoms with Gasteiger partial charge in [0.25, 0.3) is 5.91 Å². The molecule has 0 aliphatic carbocycles. The summed E-state index contributed by atoms with van der Waals surface area (Å²) >= 11 is 8.98. The van der Waals surface area contributed by atoms with E-state index in [-0.39, 0.29) is 18.2 Å². The Morgan fingerprint density at radius 2 is 2.33 bits per heavy atom. The molecular weight excluding hydrogens is 321 g/mol. The number of carbonyl (C=O) groups is 1. The molecule has 0 radical (unpaired) electrons. The van der Waals surface area contributed by atoms with Crippen LogP contribution < -0.4 is 11.1 Å². The van der Waals surface area contributed by atoms with Gasteiger partial charge in [-0.1, -0.05) is 11.6 Å². The Bertz CT molecular complexity index is 585. The van der Waals surface area contributed by atoms with Crippen LogP contribution in [-0.4, -0.2) is 10.9 Å². The molecule has 0 aliphatic rings. The number of halogens is 2. The van der Waals surface area contributed by atoms with Gasteiger partial charge in [-0.25, -0.2) is 4.98 Å². The van der Waals surface area contributed by atoms with E-state index in [0.717, 1.165) is 0 Å². The molecule has 0 fully saturated rings. The lowest BCUT2D eigenvalue weighted by Crippen LogP contribution is -2.11. The summed E-state index contributed by atoms with van der Waals surface area (Å²) in [5.41, 5.74) is 5.91. The van der Waals surface area contributed by atoms with E-state index in [2.05, 4.69) is 26.2 Å². The molecule has 2 aromatic heterocycles. The monoisotopic (exact) mass is 329 g/mol. The fourth-order valence-corrected chi connectivity index (χ4v) is 1.74. The molecule has 0 saturated heterocycles. The van der Waals surface area contributed by atoms with Crippen molar-refractivity contribution in [3.63, 3.8) is 0 Å². The van der Waals surface area contributed by atoms with Gasteiger partial charge in [-0.15, -0.1) is 0 Å². The van der Waals surface area contributed by atoms with Crippen molar-refractivity contribution in [2.24, 2.45) is 5.73 Å². The van der Waals surface area contributed by atoms with Crippen molar-refractivity contribution in [1.82, 2.24) is 4.98 Å². The molecule has 0 saturated carbocycles. The van der Waals surface area contributed by atoms with Gasteiger partial charge in [0, 0.05) is 0 Å². The van der Waals surface area contributed by atoms with Crippen molar-refractivity contribution >= 4 is 39.1 Å². The molecule has 5 nitrogen and oxygen atoms in total. The van der Waals surface area contributed by atoms with E-state index in [1.165, 1.54) is 6.20 Å². The van der Waals surface area contributed by atoms with Crippen molar-refractivity contribution in [2.45, 2.75) is 6.54 Å². The third-order valence-electron chi connectivity index (χ3n) is 2.14. The van der Waals surface area contributed by atoms with Crippen LogP contribution in [0.15, 0.2) is 33.3 Å². The Hall–Kier alpha value is -1.37. The molecular formula is C11H9BrClN3O2. The molecule has 0 atom stereocenters. The molecule has 18 heavy (non-hydrogen) atoms. The zero-order valence-electron chi connectivity index (χ0n) is 9.11. The van der Waals surface area contributed by atoms with Gasteiger partial charge < -0.3 is 15.5 Å². The van der Waals surface area contributed by atoms with E-state index in [1.807, 2.05) is 0 Å². The molecule has 0 bridgehead atoms. The lowest BCUT2D eigenvalue weighted by atomic mass is 10.3. The molecule has 94 valence electrons. The fourth-order valence-electron chi connectivity index (χ4n) is 1.29. The Labute approximate surface area is 116 Å². The smallest absolute Gasteiger partial charge is 0.291 e. The number of furan rings is 1. The molecule has 2 rings (SSSR count). The summed E-state index contributed by atoms with van der Waals surface area (Å²) in [6.45, 7) is 0.251. The number of amides is 1. The number of pyridine rings is 1. The lowest BCUT2D eigenvalue weighted by molar-refractivity contribution is 0.0995. The highest BCUT2D eigenvalue weighted by atomic mass is 79.9. The molecule has 7 heteroatoms. The quantitative estimate of drug-likeness (QED) is 0.848. The van der Waals surface area contributed by atoms with Crippen LogP contribution in [0.2, 0.25) is 5.15 Å². The van der Waals surface area contributed by atoms with Crippen LogP contribution in [0, 0.1) is 0 Å². The summed E-state index contributed by atoms with van der Waals surface area (Å²) in [6.07, 6.45) is 1.46. The van der Waals surface area contributed by atoms with E-state index in [1.54, 1.807) is 18.2 Å². The predicted molar refractivity (Wildman–Crippen MR) is 71.5 cm³/mol. The Morgan fingerprint density at radius 1 is 1.56 bits per heavy atom. The van der Waals surface area contributed by atoms with Crippen molar-refractivity contribution < 1.29 is 9.21 Å². The predicted octanol–water partition coefficient (Wildman–Crippen LogP) is 2.80. The molecule has 0 aromatic carbocycles. The maximum atomic E-state index is 11.8. The molecule has 0 aliphatic heterocycles. The zero-order valence-corrected chi connectivity index (χ0v) is 11.5. The summed E-state index contributed by atoms with van der Waals surface area (Å²) in [7, 11) is 0.